The summed E-state index contributed by atoms with van der Waals surface area (Å²) in [4.78, 5) is 0. The number of fused-ring (bicyclic) bond motifs is 1. The van der Waals surface area contributed by atoms with Crippen molar-refractivity contribution < 1.29 is 9.47 Å². The molecule has 4 heteroatoms. The molecule has 0 aliphatic carbocycles. The third kappa shape index (κ3) is 3.21. The molecule has 0 aliphatic heterocycles. The van der Waals surface area contributed by atoms with Crippen LogP contribution in [-0.2, 0) is 10.1 Å². The molecule has 2 rings (SSSR count). The minimum atomic E-state index is 0.699. The summed E-state index contributed by atoms with van der Waals surface area (Å²) < 4.78 is 12.1. The van der Waals surface area contributed by atoms with Gasteiger partial charge < -0.3 is 9.47 Å². The largest absolute Gasteiger partial charge is 0.493 e. The van der Waals surface area contributed by atoms with E-state index >= 15 is 0 Å². The Kier molecular flexibility index (Phi) is 4.83. The lowest BCUT2D eigenvalue weighted by atomic mass is 10.2. The van der Waals surface area contributed by atoms with Crippen LogP contribution in [0.3, 0.4) is 0 Å². The van der Waals surface area contributed by atoms with E-state index in [1.807, 2.05) is 0 Å². The molecule has 0 atom stereocenters. The third-order valence-corrected chi connectivity index (χ3v) is 4.01. The molecule has 0 unspecified atom stereocenters. The highest BCUT2D eigenvalue weighted by Gasteiger charge is 2.06. The lowest BCUT2D eigenvalue weighted by Gasteiger charge is -2.09. The number of hydrogen-bond acceptors (Lipinski definition) is 3. The molecule has 0 saturated carbocycles. The van der Waals surface area contributed by atoms with E-state index in [2.05, 4.69) is 39.5 Å². The average Bonchev–Trinajstić information content (AvgIpc) is 2.82. The summed E-state index contributed by atoms with van der Waals surface area (Å²) in [5.74, 6) is 0.981. The molecule has 0 spiro atoms. The molecule has 0 fully saturated rings. The molecule has 92 valence electrons. The molecule has 2 nitrogen and oxygen atoms in total. The second kappa shape index (κ2) is 6.38. The van der Waals surface area contributed by atoms with Crippen molar-refractivity contribution in [3.05, 3.63) is 29.1 Å². The minimum Gasteiger partial charge on any atom is -0.493 e. The van der Waals surface area contributed by atoms with Crippen LogP contribution in [0, 0.1) is 0 Å². The highest BCUT2D eigenvalue weighted by molar-refractivity contribution is 9.08. The monoisotopic (exact) mass is 314 g/mol. The maximum absolute atomic E-state index is 5.83. The van der Waals surface area contributed by atoms with E-state index in [-0.39, 0.29) is 0 Å². The van der Waals surface area contributed by atoms with Gasteiger partial charge in [-0.2, -0.15) is 0 Å². The molecule has 0 aliphatic rings. The summed E-state index contributed by atoms with van der Waals surface area (Å²) in [7, 11) is 1.71. The molecule has 17 heavy (non-hydrogen) atoms. The van der Waals surface area contributed by atoms with Gasteiger partial charge >= 0.3 is 0 Å². The first kappa shape index (κ1) is 12.9. The van der Waals surface area contributed by atoms with Gasteiger partial charge in [-0.05, 0) is 29.1 Å². The van der Waals surface area contributed by atoms with Crippen LogP contribution in [0.25, 0.3) is 10.1 Å². The lowest BCUT2D eigenvalue weighted by molar-refractivity contribution is 0.172. The Morgan fingerprint density at radius 2 is 2.18 bits per heavy atom. The summed E-state index contributed by atoms with van der Waals surface area (Å²) >= 11 is 5.24. The van der Waals surface area contributed by atoms with Crippen molar-refractivity contribution in [2.75, 3.05) is 20.3 Å². The highest BCUT2D eigenvalue weighted by Crippen LogP contribution is 2.32. The molecule has 0 N–H and O–H groups in total. The van der Waals surface area contributed by atoms with Gasteiger partial charge in [-0.1, -0.05) is 15.9 Å². The summed E-state index contributed by atoms with van der Waals surface area (Å²) in [5.41, 5.74) is 1.25. The van der Waals surface area contributed by atoms with Gasteiger partial charge in [-0.25, -0.2) is 0 Å². The van der Waals surface area contributed by atoms with Crippen LogP contribution in [0.4, 0.5) is 0 Å². The maximum Gasteiger partial charge on any atom is 0.128 e. The first-order valence-corrected chi connectivity index (χ1v) is 7.53. The fraction of sp³-hybridized carbons (Fsp3) is 0.385. The van der Waals surface area contributed by atoms with Crippen LogP contribution in [0.2, 0.25) is 0 Å². The predicted octanol–water partition coefficient (Wildman–Crippen LogP) is 4.21. The number of methoxy groups -OCH3 is 1. The van der Waals surface area contributed by atoms with E-state index in [1.54, 1.807) is 18.4 Å². The number of thiophene rings is 1. The zero-order chi connectivity index (χ0) is 12.1. The molecular weight excluding hydrogens is 300 g/mol. The SMILES string of the molecule is COCCCOc1cc(CBr)cc2sccc12. The van der Waals surface area contributed by atoms with E-state index in [4.69, 9.17) is 9.47 Å². The van der Waals surface area contributed by atoms with Crippen LogP contribution in [0.15, 0.2) is 23.6 Å². The van der Waals surface area contributed by atoms with Crippen molar-refractivity contribution in [3.8, 4) is 5.75 Å². The van der Waals surface area contributed by atoms with Crippen LogP contribution in [0.5, 0.6) is 5.75 Å². The van der Waals surface area contributed by atoms with Gasteiger partial charge in [0.15, 0.2) is 0 Å². The number of ether oxygens (including phenoxy) is 2. The van der Waals surface area contributed by atoms with Crippen molar-refractivity contribution >= 4 is 37.4 Å². The molecule has 0 bridgehead atoms. The van der Waals surface area contributed by atoms with E-state index < -0.39 is 0 Å². The molecule has 0 saturated heterocycles. The van der Waals surface area contributed by atoms with Crippen molar-refractivity contribution in [3.63, 3.8) is 0 Å². The molecule has 1 aromatic carbocycles. The third-order valence-electron chi connectivity index (χ3n) is 2.50. The summed E-state index contributed by atoms with van der Waals surface area (Å²) in [6.07, 6.45) is 0.917. The number of hydrogen-bond donors (Lipinski definition) is 0. The van der Waals surface area contributed by atoms with Crippen molar-refractivity contribution in [2.24, 2.45) is 0 Å². The number of halogens is 1. The summed E-state index contributed by atoms with van der Waals surface area (Å²) in [5, 5.41) is 4.16. The molecule has 2 aromatic rings. The Morgan fingerprint density at radius 1 is 1.29 bits per heavy atom. The van der Waals surface area contributed by atoms with Crippen LogP contribution >= 0.6 is 27.3 Å². The molecule has 0 amide bonds. The predicted molar refractivity (Wildman–Crippen MR) is 76.4 cm³/mol. The number of rotatable bonds is 6. The van der Waals surface area contributed by atoms with Gasteiger partial charge in [0.2, 0.25) is 0 Å². The van der Waals surface area contributed by atoms with Gasteiger partial charge in [0, 0.05) is 35.6 Å². The average molecular weight is 315 g/mol. The van der Waals surface area contributed by atoms with Gasteiger partial charge in [-0.15, -0.1) is 11.3 Å². The van der Waals surface area contributed by atoms with Crippen molar-refractivity contribution in [1.82, 2.24) is 0 Å². The number of alkyl halides is 1. The lowest BCUT2D eigenvalue weighted by Crippen LogP contribution is -2.01. The van der Waals surface area contributed by atoms with E-state index in [9.17, 15) is 0 Å². The fourth-order valence-corrected chi connectivity index (χ4v) is 2.86. The Balaban J connectivity index is 2.16. The quantitative estimate of drug-likeness (QED) is 0.587. The summed E-state index contributed by atoms with van der Waals surface area (Å²) in [6, 6.07) is 6.43. The normalized spacial score (nSPS) is 10.9. The smallest absolute Gasteiger partial charge is 0.128 e. The zero-order valence-electron chi connectivity index (χ0n) is 9.74. The van der Waals surface area contributed by atoms with Crippen molar-refractivity contribution in [1.29, 1.82) is 0 Å². The highest BCUT2D eigenvalue weighted by atomic mass is 79.9. The summed E-state index contributed by atoms with van der Waals surface area (Å²) in [6.45, 7) is 1.44. The van der Waals surface area contributed by atoms with E-state index in [0.717, 1.165) is 24.1 Å². The van der Waals surface area contributed by atoms with Crippen LogP contribution in [-0.4, -0.2) is 20.3 Å². The Bertz CT molecular complexity index is 481. The van der Waals surface area contributed by atoms with Crippen LogP contribution in [0.1, 0.15) is 12.0 Å². The molecule has 1 aromatic heterocycles. The second-order valence-corrected chi connectivity index (χ2v) is 5.26. The van der Waals surface area contributed by atoms with Gasteiger partial charge in [-0.3, -0.25) is 0 Å². The Hall–Kier alpha value is -0.580. The van der Waals surface area contributed by atoms with E-state index in [1.165, 1.54) is 15.6 Å². The van der Waals surface area contributed by atoms with E-state index in [0.29, 0.717) is 6.61 Å². The zero-order valence-corrected chi connectivity index (χ0v) is 12.1. The topological polar surface area (TPSA) is 18.5 Å². The molecular formula is C13H15BrO2S. The Morgan fingerprint density at radius 3 is 2.94 bits per heavy atom. The van der Waals surface area contributed by atoms with Crippen molar-refractivity contribution in [2.45, 2.75) is 11.8 Å². The minimum absolute atomic E-state index is 0.699. The maximum atomic E-state index is 5.83. The van der Waals surface area contributed by atoms with Gasteiger partial charge in [0.05, 0.1) is 6.61 Å². The standard InChI is InChI=1S/C13H15BrO2S/c1-15-4-2-5-16-12-7-10(9-14)8-13-11(12)3-6-17-13/h3,6-8H,2,4-5,9H2,1H3. The second-order valence-electron chi connectivity index (χ2n) is 3.75. The first-order chi connectivity index (χ1) is 8.35. The van der Waals surface area contributed by atoms with Gasteiger partial charge in [0.25, 0.3) is 0 Å². The Labute approximate surface area is 114 Å². The fourth-order valence-electron chi connectivity index (χ4n) is 1.67. The van der Waals surface area contributed by atoms with Gasteiger partial charge in [0.1, 0.15) is 5.75 Å². The number of benzene rings is 1. The first-order valence-electron chi connectivity index (χ1n) is 5.53. The molecule has 0 radical (unpaired) electrons. The molecule has 1 heterocycles. The van der Waals surface area contributed by atoms with Crippen LogP contribution < -0.4 is 4.74 Å².